The summed E-state index contributed by atoms with van der Waals surface area (Å²) >= 11 is 0. The first-order valence-electron chi connectivity index (χ1n) is 5.07. The van der Waals surface area contributed by atoms with E-state index in [9.17, 15) is 12.8 Å². The van der Waals surface area contributed by atoms with Crippen LogP contribution in [0.2, 0.25) is 0 Å². The zero-order valence-electron chi connectivity index (χ0n) is 9.54. The van der Waals surface area contributed by atoms with E-state index in [0.717, 1.165) is 17.1 Å². The molecule has 1 heterocycles. The molecule has 2 rings (SSSR count). The zero-order valence-corrected chi connectivity index (χ0v) is 10.4. The van der Waals surface area contributed by atoms with Crippen molar-refractivity contribution in [2.24, 2.45) is 0 Å². The predicted molar refractivity (Wildman–Crippen MR) is 62.6 cm³/mol. The largest absolute Gasteiger partial charge is 0.392 e. The number of hydrogen-bond donors (Lipinski definition) is 1. The molecule has 0 saturated carbocycles. The second kappa shape index (κ2) is 4.51. The number of rotatable bonds is 3. The fraction of sp³-hybridized carbons (Fsp3) is 0.182. The zero-order chi connectivity index (χ0) is 13.3. The molecule has 0 radical (unpaired) electrons. The van der Waals surface area contributed by atoms with Gasteiger partial charge in [0.1, 0.15) is 16.4 Å². The summed E-state index contributed by atoms with van der Waals surface area (Å²) in [7, 11) is -3.39. The molecule has 0 bridgehead atoms. The minimum atomic E-state index is -3.39. The van der Waals surface area contributed by atoms with Gasteiger partial charge in [-0.05, 0) is 6.07 Å². The second-order valence-corrected chi connectivity index (χ2v) is 5.81. The lowest BCUT2D eigenvalue weighted by atomic mass is 10.2. The molecule has 1 aromatic carbocycles. The average molecular weight is 270 g/mol. The highest BCUT2D eigenvalue weighted by atomic mass is 32.2. The fourth-order valence-electron chi connectivity index (χ4n) is 1.56. The Morgan fingerprint density at radius 3 is 2.72 bits per heavy atom. The van der Waals surface area contributed by atoms with Crippen LogP contribution < -0.4 is 0 Å². The Hall–Kier alpha value is -1.73. The lowest BCUT2D eigenvalue weighted by molar-refractivity contribution is 0.280. The molecule has 0 aliphatic heterocycles. The van der Waals surface area contributed by atoms with Gasteiger partial charge in [-0.3, -0.25) is 0 Å². The molecule has 2 aromatic rings. The molecule has 0 saturated heterocycles. The van der Waals surface area contributed by atoms with Crippen molar-refractivity contribution < 1.29 is 17.9 Å². The van der Waals surface area contributed by atoms with E-state index >= 15 is 0 Å². The van der Waals surface area contributed by atoms with E-state index < -0.39 is 15.7 Å². The van der Waals surface area contributed by atoms with Gasteiger partial charge in [0, 0.05) is 18.0 Å². The molecule has 5 nitrogen and oxygen atoms in total. The molecule has 1 aromatic heterocycles. The van der Waals surface area contributed by atoms with Gasteiger partial charge >= 0.3 is 0 Å². The minimum absolute atomic E-state index is 0.00496. The van der Waals surface area contributed by atoms with Crippen LogP contribution in [0.1, 0.15) is 5.56 Å². The van der Waals surface area contributed by atoms with Crippen molar-refractivity contribution in [1.82, 2.24) is 9.78 Å². The van der Waals surface area contributed by atoms with Crippen LogP contribution in [0.15, 0.2) is 35.5 Å². The van der Waals surface area contributed by atoms with Crippen molar-refractivity contribution >= 4 is 9.84 Å². The second-order valence-electron chi connectivity index (χ2n) is 3.80. The van der Waals surface area contributed by atoms with Crippen molar-refractivity contribution in [1.29, 1.82) is 0 Å². The van der Waals surface area contributed by atoms with E-state index in [0.29, 0.717) is 5.56 Å². The number of sulfone groups is 1. The number of hydrogen-bond acceptors (Lipinski definition) is 4. The number of aromatic nitrogens is 2. The average Bonchev–Trinajstić information content (AvgIpc) is 2.77. The molecule has 18 heavy (non-hydrogen) atoms. The lowest BCUT2D eigenvalue weighted by Gasteiger charge is -2.07. The summed E-state index contributed by atoms with van der Waals surface area (Å²) in [4.78, 5) is -0.00496. The van der Waals surface area contributed by atoms with Gasteiger partial charge in [0.15, 0.2) is 9.84 Å². The highest BCUT2D eigenvalue weighted by molar-refractivity contribution is 7.90. The fourth-order valence-corrected chi connectivity index (χ4v) is 2.09. The highest BCUT2D eigenvalue weighted by Crippen LogP contribution is 2.19. The topological polar surface area (TPSA) is 72.2 Å². The number of para-hydroxylation sites is 1. The third kappa shape index (κ3) is 2.27. The quantitative estimate of drug-likeness (QED) is 0.899. The summed E-state index contributed by atoms with van der Waals surface area (Å²) in [5.74, 6) is -0.579. The first-order chi connectivity index (χ1) is 8.43. The Bertz CT molecular complexity index is 679. The maximum Gasteiger partial charge on any atom is 0.178 e. The van der Waals surface area contributed by atoms with E-state index in [4.69, 9.17) is 5.11 Å². The van der Waals surface area contributed by atoms with Gasteiger partial charge < -0.3 is 5.11 Å². The molecule has 0 spiro atoms. The molecule has 7 heteroatoms. The monoisotopic (exact) mass is 270 g/mol. The molecular formula is C11H11FN2O3S. The normalized spacial score (nSPS) is 11.7. The maximum absolute atomic E-state index is 13.7. The Balaban J connectivity index is 2.60. The Labute approximate surface area is 103 Å². The van der Waals surface area contributed by atoms with Crippen molar-refractivity contribution in [2.75, 3.05) is 6.26 Å². The lowest BCUT2D eigenvalue weighted by Crippen LogP contribution is -2.03. The van der Waals surface area contributed by atoms with Crippen LogP contribution in [-0.2, 0) is 16.4 Å². The third-order valence-electron chi connectivity index (χ3n) is 2.46. The number of aliphatic hydroxyl groups is 1. The van der Waals surface area contributed by atoms with Crippen LogP contribution in [0.4, 0.5) is 4.39 Å². The van der Waals surface area contributed by atoms with Gasteiger partial charge in [-0.2, -0.15) is 5.10 Å². The summed E-state index contributed by atoms with van der Waals surface area (Å²) in [6, 6.07) is 4.22. The Kier molecular flexibility index (Phi) is 3.18. The van der Waals surface area contributed by atoms with Crippen molar-refractivity contribution in [3.63, 3.8) is 0 Å². The molecule has 0 amide bonds. The third-order valence-corrected chi connectivity index (χ3v) is 3.52. The molecule has 0 aliphatic carbocycles. The van der Waals surface area contributed by atoms with E-state index in [2.05, 4.69) is 5.10 Å². The van der Waals surface area contributed by atoms with Crippen LogP contribution >= 0.6 is 0 Å². The smallest absolute Gasteiger partial charge is 0.178 e. The summed E-state index contributed by atoms with van der Waals surface area (Å²) in [5, 5.41) is 13.0. The highest BCUT2D eigenvalue weighted by Gasteiger charge is 2.15. The first kappa shape index (κ1) is 12.7. The Morgan fingerprint density at radius 2 is 2.17 bits per heavy atom. The molecule has 0 unspecified atom stereocenters. The van der Waals surface area contributed by atoms with Crippen molar-refractivity contribution in [3.8, 4) is 5.69 Å². The van der Waals surface area contributed by atoms with Crippen LogP contribution in [-0.4, -0.2) is 29.6 Å². The summed E-state index contributed by atoms with van der Waals surface area (Å²) in [6.45, 7) is -0.360. The molecule has 0 fully saturated rings. The minimum Gasteiger partial charge on any atom is -0.392 e. The van der Waals surface area contributed by atoms with Gasteiger partial charge in [0.25, 0.3) is 0 Å². The molecule has 0 atom stereocenters. The number of halogens is 1. The van der Waals surface area contributed by atoms with E-state index in [1.165, 1.54) is 18.3 Å². The van der Waals surface area contributed by atoms with Crippen LogP contribution in [0.25, 0.3) is 5.69 Å². The molecule has 0 aliphatic rings. The molecular weight excluding hydrogens is 259 g/mol. The maximum atomic E-state index is 13.7. The Morgan fingerprint density at radius 1 is 1.44 bits per heavy atom. The van der Waals surface area contributed by atoms with E-state index in [-0.39, 0.29) is 17.2 Å². The summed E-state index contributed by atoms with van der Waals surface area (Å²) in [5.41, 5.74) is 0.382. The van der Waals surface area contributed by atoms with Gasteiger partial charge in [0.05, 0.1) is 12.8 Å². The molecule has 1 N–H and O–H groups in total. The standard InChI is InChI=1S/C11H11FN2O3S/c1-18(16,17)9-5-13-14(6-9)11-8(7-15)3-2-4-10(11)12/h2-6,15H,7H2,1H3. The van der Waals surface area contributed by atoms with Crippen molar-refractivity contribution in [2.45, 2.75) is 11.5 Å². The van der Waals surface area contributed by atoms with Gasteiger partial charge in [-0.1, -0.05) is 12.1 Å². The van der Waals surface area contributed by atoms with Crippen molar-refractivity contribution in [3.05, 3.63) is 42.0 Å². The van der Waals surface area contributed by atoms with E-state index in [1.807, 2.05) is 0 Å². The first-order valence-corrected chi connectivity index (χ1v) is 6.96. The van der Waals surface area contributed by atoms with Crippen LogP contribution in [0, 0.1) is 5.82 Å². The van der Waals surface area contributed by atoms with Gasteiger partial charge in [0.2, 0.25) is 0 Å². The number of benzene rings is 1. The number of aliphatic hydroxyl groups excluding tert-OH is 1. The summed E-state index contributed by atoms with van der Waals surface area (Å²) in [6.07, 6.45) is 3.40. The number of nitrogens with zero attached hydrogens (tertiary/aromatic N) is 2. The van der Waals surface area contributed by atoms with E-state index in [1.54, 1.807) is 6.07 Å². The van der Waals surface area contributed by atoms with Crippen LogP contribution in [0.3, 0.4) is 0 Å². The van der Waals surface area contributed by atoms with Gasteiger partial charge in [-0.25, -0.2) is 17.5 Å². The SMILES string of the molecule is CS(=O)(=O)c1cnn(-c2c(F)cccc2CO)c1. The predicted octanol–water partition coefficient (Wildman–Crippen LogP) is 0.907. The van der Waals surface area contributed by atoms with Gasteiger partial charge in [-0.15, -0.1) is 0 Å². The summed E-state index contributed by atoms with van der Waals surface area (Å²) < 4.78 is 37.5. The van der Waals surface area contributed by atoms with Crippen LogP contribution in [0.5, 0.6) is 0 Å². The molecule has 96 valence electrons.